The summed E-state index contributed by atoms with van der Waals surface area (Å²) in [6.45, 7) is 6.99. The first-order valence-electron chi connectivity index (χ1n) is 12.3. The van der Waals surface area contributed by atoms with Crippen LogP contribution in [-0.4, -0.2) is 47.7 Å². The Kier molecular flexibility index (Phi) is 8.06. The van der Waals surface area contributed by atoms with Crippen LogP contribution in [0.25, 0.3) is 22.5 Å². The predicted octanol–water partition coefficient (Wildman–Crippen LogP) is 6.75. The molecule has 0 radical (unpaired) electrons. The van der Waals surface area contributed by atoms with E-state index in [1.54, 1.807) is 88.4 Å². The molecule has 4 rings (SSSR count). The van der Waals surface area contributed by atoms with E-state index in [4.69, 9.17) is 25.6 Å². The van der Waals surface area contributed by atoms with Crippen molar-refractivity contribution in [2.45, 2.75) is 33.3 Å². The van der Waals surface area contributed by atoms with Crippen molar-refractivity contribution in [3.8, 4) is 22.5 Å². The van der Waals surface area contributed by atoms with Crippen molar-refractivity contribution in [1.82, 2.24) is 10.1 Å². The van der Waals surface area contributed by atoms with E-state index < -0.39 is 23.4 Å². The van der Waals surface area contributed by atoms with Crippen LogP contribution in [0.2, 0.25) is 5.02 Å². The van der Waals surface area contributed by atoms with E-state index in [0.29, 0.717) is 33.0 Å². The Bertz CT molecular complexity index is 1590. The second kappa shape index (κ2) is 11.3. The Morgan fingerprint density at radius 1 is 0.950 bits per heavy atom. The number of rotatable bonds is 6. The Morgan fingerprint density at radius 2 is 1.62 bits per heavy atom. The van der Waals surface area contributed by atoms with Crippen LogP contribution in [0.1, 0.15) is 52.9 Å². The van der Waals surface area contributed by atoms with Crippen LogP contribution in [0.5, 0.6) is 0 Å². The minimum atomic E-state index is -0.727. The first-order valence-corrected chi connectivity index (χ1v) is 12.7. The monoisotopic (exact) mass is 561 g/mol. The zero-order valence-electron chi connectivity index (χ0n) is 22.9. The summed E-state index contributed by atoms with van der Waals surface area (Å²) in [5.74, 6) is -0.515. The first kappa shape index (κ1) is 28.5. The van der Waals surface area contributed by atoms with E-state index in [9.17, 15) is 14.4 Å². The topological polar surface area (TPSA) is 112 Å². The van der Waals surface area contributed by atoms with E-state index in [1.165, 1.54) is 19.1 Å². The summed E-state index contributed by atoms with van der Waals surface area (Å²) in [5.41, 5.74) is 1.68. The Morgan fingerprint density at radius 3 is 2.27 bits per heavy atom. The molecule has 10 heteroatoms. The first-order chi connectivity index (χ1) is 18.9. The number of hydrogen-bond acceptors (Lipinski definition) is 8. The van der Waals surface area contributed by atoms with Crippen LogP contribution >= 0.6 is 11.6 Å². The van der Waals surface area contributed by atoms with Crippen LogP contribution in [-0.2, 0) is 9.47 Å². The van der Waals surface area contributed by atoms with E-state index in [-0.39, 0.29) is 22.8 Å². The lowest BCUT2D eigenvalue weighted by Crippen LogP contribution is -2.34. The highest BCUT2D eigenvalue weighted by Gasteiger charge is 2.28. The Balaban J connectivity index is 1.92. The third-order valence-corrected chi connectivity index (χ3v) is 6.17. The number of pyridine rings is 1. The molecule has 40 heavy (non-hydrogen) atoms. The van der Waals surface area contributed by atoms with Crippen molar-refractivity contribution >= 4 is 35.3 Å². The lowest BCUT2D eigenvalue weighted by atomic mass is 9.93. The van der Waals surface area contributed by atoms with Crippen LogP contribution in [0.4, 0.5) is 10.6 Å². The highest BCUT2D eigenvalue weighted by Crippen LogP contribution is 2.39. The maximum atomic E-state index is 13.9. The molecule has 0 aliphatic rings. The average Bonchev–Trinajstić information content (AvgIpc) is 3.31. The third kappa shape index (κ3) is 5.89. The third-order valence-electron chi connectivity index (χ3n) is 5.92. The van der Waals surface area contributed by atoms with Gasteiger partial charge in [-0.2, -0.15) is 0 Å². The van der Waals surface area contributed by atoms with Gasteiger partial charge in [-0.3, -0.25) is 9.69 Å². The minimum Gasteiger partial charge on any atom is -0.465 e. The van der Waals surface area contributed by atoms with Crippen molar-refractivity contribution in [3.05, 3.63) is 88.2 Å². The number of amides is 1. The van der Waals surface area contributed by atoms with E-state index in [0.717, 1.165) is 0 Å². The van der Waals surface area contributed by atoms with Crippen LogP contribution < -0.4 is 4.90 Å². The van der Waals surface area contributed by atoms with Gasteiger partial charge in [0.2, 0.25) is 5.78 Å². The van der Waals surface area contributed by atoms with Crippen molar-refractivity contribution in [2.24, 2.45) is 0 Å². The highest BCUT2D eigenvalue weighted by molar-refractivity contribution is 6.30. The molecule has 4 aromatic rings. The predicted molar refractivity (Wildman–Crippen MR) is 151 cm³/mol. The maximum Gasteiger partial charge on any atom is 0.415 e. The van der Waals surface area contributed by atoms with Gasteiger partial charge in [-0.1, -0.05) is 35.0 Å². The number of esters is 1. The molecule has 0 atom stereocenters. The number of aryl methyl sites for hydroxylation is 1. The standard InChI is InChI=1S/C30H28ClN3O6/c1-17-24(27(40-33-17)20-9-7-8-10-21(20)28(36)38-6)22-15-16-23(34(5)29(37)39-30(2,3)4)32-25(22)26(35)18-11-13-19(31)14-12-18/h7-16H,1-6H3. The van der Waals surface area contributed by atoms with Gasteiger partial charge in [0.05, 0.1) is 23.9 Å². The van der Waals surface area contributed by atoms with E-state index >= 15 is 0 Å². The summed E-state index contributed by atoms with van der Waals surface area (Å²) in [4.78, 5) is 45.0. The normalized spacial score (nSPS) is 11.2. The number of aromatic nitrogens is 2. The zero-order valence-corrected chi connectivity index (χ0v) is 23.7. The quantitative estimate of drug-likeness (QED) is 0.187. The number of hydrogen-bond donors (Lipinski definition) is 0. The van der Waals surface area contributed by atoms with Crippen LogP contribution in [0.3, 0.4) is 0 Å². The number of nitrogens with zero attached hydrogens (tertiary/aromatic N) is 3. The van der Waals surface area contributed by atoms with Crippen LogP contribution in [0.15, 0.2) is 65.2 Å². The summed E-state index contributed by atoms with van der Waals surface area (Å²) < 4.78 is 16.1. The molecule has 0 saturated carbocycles. The number of benzene rings is 2. The van der Waals surface area contributed by atoms with Gasteiger partial charge in [0.15, 0.2) is 5.76 Å². The number of carbonyl (C=O) groups is 3. The summed E-state index contributed by atoms with van der Waals surface area (Å²) in [6, 6.07) is 16.4. The largest absolute Gasteiger partial charge is 0.465 e. The maximum absolute atomic E-state index is 13.9. The van der Waals surface area contributed by atoms with Gasteiger partial charge in [-0.05, 0) is 70.2 Å². The van der Waals surface area contributed by atoms with Gasteiger partial charge >= 0.3 is 12.1 Å². The second-order valence-electron chi connectivity index (χ2n) is 9.95. The van der Waals surface area contributed by atoms with Crippen molar-refractivity contribution < 1.29 is 28.4 Å². The fourth-order valence-corrected chi connectivity index (χ4v) is 4.14. The van der Waals surface area contributed by atoms with Gasteiger partial charge in [0, 0.05) is 28.8 Å². The second-order valence-corrected chi connectivity index (χ2v) is 10.4. The molecule has 2 aromatic carbocycles. The molecule has 0 aliphatic carbocycles. The summed E-state index contributed by atoms with van der Waals surface area (Å²) >= 11 is 6.05. The number of methoxy groups -OCH3 is 1. The highest BCUT2D eigenvalue weighted by atomic mass is 35.5. The van der Waals surface area contributed by atoms with E-state index in [2.05, 4.69) is 10.1 Å². The van der Waals surface area contributed by atoms with Gasteiger partial charge in [-0.25, -0.2) is 14.6 Å². The molecule has 2 aromatic heterocycles. The Labute approximate surface area is 236 Å². The molecule has 1 amide bonds. The van der Waals surface area contributed by atoms with Gasteiger partial charge in [0.25, 0.3) is 0 Å². The van der Waals surface area contributed by atoms with Crippen LogP contribution in [0, 0.1) is 6.92 Å². The minimum absolute atomic E-state index is 0.0401. The molecule has 0 unspecified atom stereocenters. The fraction of sp³-hybridized carbons (Fsp3) is 0.233. The molecule has 2 heterocycles. The molecule has 0 N–H and O–H groups in total. The Hall–Kier alpha value is -4.50. The number of carbonyl (C=O) groups excluding carboxylic acids is 3. The molecule has 0 bridgehead atoms. The molecule has 206 valence electrons. The van der Waals surface area contributed by atoms with Crippen molar-refractivity contribution in [1.29, 1.82) is 0 Å². The van der Waals surface area contributed by atoms with Gasteiger partial charge < -0.3 is 14.0 Å². The summed E-state index contributed by atoms with van der Waals surface area (Å²) in [7, 11) is 2.80. The van der Waals surface area contributed by atoms with E-state index in [1.807, 2.05) is 0 Å². The number of ether oxygens (including phenoxy) is 2. The molecule has 0 aliphatic heterocycles. The molecule has 0 spiro atoms. The van der Waals surface area contributed by atoms with Crippen molar-refractivity contribution in [2.75, 3.05) is 19.1 Å². The molecule has 9 nitrogen and oxygen atoms in total. The fourth-order valence-electron chi connectivity index (χ4n) is 4.01. The number of ketones is 1. The number of anilines is 1. The van der Waals surface area contributed by atoms with Gasteiger partial charge in [-0.15, -0.1) is 0 Å². The molecular formula is C30H28ClN3O6. The molecule has 0 saturated heterocycles. The average molecular weight is 562 g/mol. The SMILES string of the molecule is COC(=O)c1ccccc1-c1onc(C)c1-c1ccc(N(C)C(=O)OC(C)(C)C)nc1C(=O)c1ccc(Cl)cc1. The summed E-state index contributed by atoms with van der Waals surface area (Å²) in [6.07, 6.45) is -0.633. The molecule has 0 fully saturated rings. The smallest absolute Gasteiger partial charge is 0.415 e. The number of halogens is 1. The van der Waals surface area contributed by atoms with Gasteiger partial charge in [0.1, 0.15) is 17.1 Å². The lowest BCUT2D eigenvalue weighted by Gasteiger charge is -2.24. The lowest BCUT2D eigenvalue weighted by molar-refractivity contribution is 0.0583. The van der Waals surface area contributed by atoms with Crippen molar-refractivity contribution in [3.63, 3.8) is 0 Å². The summed E-state index contributed by atoms with van der Waals surface area (Å²) in [5, 5.41) is 4.61. The molecular weight excluding hydrogens is 534 g/mol. The zero-order chi connectivity index (χ0) is 29.2.